The Bertz CT molecular complexity index is 956. The lowest BCUT2D eigenvalue weighted by Crippen LogP contribution is -1.89. The molecule has 3 aromatic carbocycles. The average Bonchev–Trinajstić information content (AvgIpc) is 2.63. The minimum Gasteiger partial charge on any atom is -0.507 e. The number of hydrogen-bond donors (Lipinski definition) is 1. The average molecular weight is 349 g/mol. The molecule has 0 spiro atoms. The van der Waals surface area contributed by atoms with Crippen LogP contribution in [0.15, 0.2) is 65.7 Å². The predicted octanol–water partition coefficient (Wildman–Crippen LogP) is 5.90. The summed E-state index contributed by atoms with van der Waals surface area (Å²) in [5, 5.41) is 9.95. The molecule has 0 radical (unpaired) electrons. The second kappa shape index (κ2) is 7.74. The minimum atomic E-state index is -0.763. The third-order valence-corrected chi connectivity index (χ3v) is 3.91. The van der Waals surface area contributed by atoms with E-state index in [9.17, 15) is 13.9 Å². The van der Waals surface area contributed by atoms with Crippen LogP contribution in [0.4, 0.5) is 14.5 Å². The van der Waals surface area contributed by atoms with Gasteiger partial charge in [-0.05, 0) is 41.8 Å². The fraction of sp³-hybridized carbons (Fsp3) is 0.0455. The van der Waals surface area contributed by atoms with Gasteiger partial charge < -0.3 is 5.11 Å². The molecule has 2 nitrogen and oxygen atoms in total. The molecular weight excluding hydrogens is 332 g/mol. The first-order valence-electron chi connectivity index (χ1n) is 8.09. The summed E-state index contributed by atoms with van der Waals surface area (Å²) in [6.45, 7) is 1.74. The molecule has 1 N–H and O–H groups in total. The summed E-state index contributed by atoms with van der Waals surface area (Å²) >= 11 is 0. The number of aromatic hydroxyl groups is 1. The van der Waals surface area contributed by atoms with Crippen molar-refractivity contribution in [3.63, 3.8) is 0 Å². The van der Waals surface area contributed by atoms with Gasteiger partial charge in [-0.3, -0.25) is 0 Å². The highest BCUT2D eigenvalue weighted by atomic mass is 19.1. The van der Waals surface area contributed by atoms with Crippen molar-refractivity contribution in [1.82, 2.24) is 0 Å². The van der Waals surface area contributed by atoms with Crippen LogP contribution in [0.25, 0.3) is 12.2 Å². The third-order valence-electron chi connectivity index (χ3n) is 3.91. The Morgan fingerprint density at radius 1 is 0.846 bits per heavy atom. The number of nitrogens with zero attached hydrogens (tertiary/aromatic N) is 1. The van der Waals surface area contributed by atoms with Crippen LogP contribution < -0.4 is 0 Å². The Morgan fingerprint density at radius 3 is 2.19 bits per heavy atom. The van der Waals surface area contributed by atoms with Gasteiger partial charge in [0.15, 0.2) is 11.6 Å². The number of phenols is 1. The fourth-order valence-electron chi connectivity index (χ4n) is 2.48. The zero-order chi connectivity index (χ0) is 18.5. The standard InChI is InChI=1S/C22H17F2NO/c1-15-6-5-9-18(22(15)26)14-25-21-19(23)12-17(13-20(21)24)11-10-16-7-3-2-4-8-16/h2-14,26H,1H3. The normalized spacial score (nSPS) is 11.5. The molecule has 130 valence electrons. The molecule has 0 unspecified atom stereocenters. The van der Waals surface area contributed by atoms with E-state index in [1.807, 2.05) is 30.3 Å². The van der Waals surface area contributed by atoms with Crippen molar-refractivity contribution < 1.29 is 13.9 Å². The quantitative estimate of drug-likeness (QED) is 0.462. The molecule has 0 heterocycles. The molecular formula is C22H17F2NO. The molecule has 0 aliphatic rings. The van der Waals surface area contributed by atoms with E-state index in [1.54, 1.807) is 37.3 Å². The van der Waals surface area contributed by atoms with Crippen molar-refractivity contribution in [3.05, 3.63) is 94.6 Å². The first-order valence-corrected chi connectivity index (χ1v) is 8.09. The molecule has 0 aliphatic carbocycles. The molecule has 3 aromatic rings. The van der Waals surface area contributed by atoms with Crippen molar-refractivity contribution in [2.24, 2.45) is 4.99 Å². The Kier molecular flexibility index (Phi) is 5.23. The van der Waals surface area contributed by atoms with Gasteiger partial charge in [0.1, 0.15) is 11.4 Å². The van der Waals surface area contributed by atoms with Crippen LogP contribution in [-0.4, -0.2) is 11.3 Å². The van der Waals surface area contributed by atoms with E-state index >= 15 is 0 Å². The lowest BCUT2D eigenvalue weighted by atomic mass is 10.1. The Morgan fingerprint density at radius 2 is 1.50 bits per heavy atom. The first kappa shape index (κ1) is 17.5. The van der Waals surface area contributed by atoms with Crippen LogP contribution in [0.3, 0.4) is 0 Å². The van der Waals surface area contributed by atoms with E-state index in [4.69, 9.17) is 0 Å². The molecule has 0 amide bonds. The number of rotatable bonds is 4. The minimum absolute atomic E-state index is 0.0412. The van der Waals surface area contributed by atoms with Crippen LogP contribution in [0.5, 0.6) is 5.75 Å². The van der Waals surface area contributed by atoms with Gasteiger partial charge in [-0.15, -0.1) is 0 Å². The SMILES string of the molecule is Cc1cccc(C=Nc2c(F)cc(C=Cc3ccccc3)cc2F)c1O. The van der Waals surface area contributed by atoms with E-state index in [0.29, 0.717) is 16.7 Å². The number of aliphatic imine (C=N–C) groups is 1. The lowest BCUT2D eigenvalue weighted by molar-refractivity contribution is 0.470. The molecule has 0 saturated carbocycles. The molecule has 0 aliphatic heterocycles. The van der Waals surface area contributed by atoms with Crippen molar-refractivity contribution >= 4 is 24.1 Å². The molecule has 3 rings (SSSR count). The van der Waals surface area contributed by atoms with Crippen LogP contribution in [0.2, 0.25) is 0 Å². The molecule has 0 aromatic heterocycles. The maximum Gasteiger partial charge on any atom is 0.152 e. The first-order chi connectivity index (χ1) is 12.5. The third kappa shape index (κ3) is 4.03. The van der Waals surface area contributed by atoms with Crippen molar-refractivity contribution in [1.29, 1.82) is 0 Å². The Balaban J connectivity index is 1.87. The summed E-state index contributed by atoms with van der Waals surface area (Å²) in [7, 11) is 0. The van der Waals surface area contributed by atoms with Gasteiger partial charge in [-0.1, -0.05) is 54.6 Å². The summed E-state index contributed by atoms with van der Waals surface area (Å²) in [5.74, 6) is -1.48. The van der Waals surface area contributed by atoms with E-state index in [2.05, 4.69) is 4.99 Å². The highest BCUT2D eigenvalue weighted by Gasteiger charge is 2.10. The van der Waals surface area contributed by atoms with Gasteiger partial charge in [0.25, 0.3) is 0 Å². The van der Waals surface area contributed by atoms with Gasteiger partial charge in [0.2, 0.25) is 0 Å². The molecule has 4 heteroatoms. The number of para-hydroxylation sites is 1. The van der Waals surface area contributed by atoms with Crippen LogP contribution in [0, 0.1) is 18.6 Å². The summed E-state index contributed by atoms with van der Waals surface area (Å²) < 4.78 is 28.5. The Labute approximate surface area is 150 Å². The maximum atomic E-state index is 14.3. The van der Waals surface area contributed by atoms with Gasteiger partial charge in [-0.2, -0.15) is 0 Å². The molecule has 0 atom stereocenters. The van der Waals surface area contributed by atoms with E-state index in [-0.39, 0.29) is 11.4 Å². The second-order valence-electron chi connectivity index (χ2n) is 5.85. The molecule has 26 heavy (non-hydrogen) atoms. The monoisotopic (exact) mass is 349 g/mol. The van der Waals surface area contributed by atoms with E-state index in [1.165, 1.54) is 18.3 Å². The van der Waals surface area contributed by atoms with Gasteiger partial charge in [0.05, 0.1) is 0 Å². The summed E-state index contributed by atoms with van der Waals surface area (Å²) in [4.78, 5) is 3.88. The summed E-state index contributed by atoms with van der Waals surface area (Å²) in [5.41, 5.74) is 2.02. The number of hydrogen-bond acceptors (Lipinski definition) is 2. The van der Waals surface area contributed by atoms with Gasteiger partial charge in [0, 0.05) is 11.8 Å². The largest absolute Gasteiger partial charge is 0.507 e. The number of phenolic OH excluding ortho intramolecular Hbond substituents is 1. The zero-order valence-corrected chi connectivity index (χ0v) is 14.2. The van der Waals surface area contributed by atoms with Crippen LogP contribution in [0.1, 0.15) is 22.3 Å². The van der Waals surface area contributed by atoms with Crippen LogP contribution in [-0.2, 0) is 0 Å². The van der Waals surface area contributed by atoms with Crippen molar-refractivity contribution in [3.8, 4) is 5.75 Å². The topological polar surface area (TPSA) is 32.6 Å². The summed E-state index contributed by atoms with van der Waals surface area (Å²) in [6, 6.07) is 17.0. The highest BCUT2D eigenvalue weighted by molar-refractivity contribution is 5.86. The van der Waals surface area contributed by atoms with Gasteiger partial charge in [-0.25, -0.2) is 13.8 Å². The molecule has 0 fully saturated rings. The summed E-state index contributed by atoms with van der Waals surface area (Å²) in [6.07, 6.45) is 4.67. The van der Waals surface area contributed by atoms with E-state index < -0.39 is 11.6 Å². The number of aryl methyl sites for hydroxylation is 1. The van der Waals surface area contributed by atoms with E-state index in [0.717, 1.165) is 5.56 Å². The highest BCUT2D eigenvalue weighted by Crippen LogP contribution is 2.26. The predicted molar refractivity (Wildman–Crippen MR) is 102 cm³/mol. The second-order valence-corrected chi connectivity index (χ2v) is 5.85. The maximum absolute atomic E-state index is 14.3. The molecule has 0 saturated heterocycles. The van der Waals surface area contributed by atoms with Crippen molar-refractivity contribution in [2.45, 2.75) is 6.92 Å². The zero-order valence-electron chi connectivity index (χ0n) is 14.2. The Hall–Kier alpha value is -3.27. The molecule has 0 bridgehead atoms. The fourth-order valence-corrected chi connectivity index (χ4v) is 2.48. The number of halogens is 2. The lowest BCUT2D eigenvalue weighted by Gasteiger charge is -2.04. The van der Waals surface area contributed by atoms with Gasteiger partial charge >= 0.3 is 0 Å². The van der Waals surface area contributed by atoms with Crippen molar-refractivity contribution in [2.75, 3.05) is 0 Å². The van der Waals surface area contributed by atoms with Crippen LogP contribution >= 0.6 is 0 Å². The smallest absolute Gasteiger partial charge is 0.152 e. The number of benzene rings is 3.